The summed E-state index contributed by atoms with van der Waals surface area (Å²) < 4.78 is 2.29. The van der Waals surface area contributed by atoms with Crippen LogP contribution in [0.2, 0.25) is 0 Å². The molecule has 7 rings (SSSR count). The standard InChI is InChI=1S/C38H28N2/c1-4-12-29(13-5-1)30-19-23-34(24-20-30)40(33-16-8-3-9-17-33)35-25-21-32(22-26-35)38-37(31-14-6-2-7-15-31)28-36-18-10-11-27-39(36)38/h1-28H. The molecule has 0 saturated carbocycles. The zero-order valence-electron chi connectivity index (χ0n) is 22.1. The first-order valence-electron chi connectivity index (χ1n) is 13.6. The Balaban J connectivity index is 1.31. The van der Waals surface area contributed by atoms with Crippen LogP contribution in [0.4, 0.5) is 17.1 Å². The number of aromatic nitrogens is 1. The molecule has 0 unspecified atom stereocenters. The van der Waals surface area contributed by atoms with Gasteiger partial charge in [-0.3, -0.25) is 0 Å². The van der Waals surface area contributed by atoms with Gasteiger partial charge in [-0.15, -0.1) is 0 Å². The van der Waals surface area contributed by atoms with E-state index < -0.39 is 0 Å². The number of fused-ring (bicyclic) bond motifs is 1. The average Bonchev–Trinajstić information content (AvgIpc) is 3.43. The van der Waals surface area contributed by atoms with Gasteiger partial charge in [-0.1, -0.05) is 109 Å². The molecular weight excluding hydrogens is 484 g/mol. The number of para-hydroxylation sites is 1. The summed E-state index contributed by atoms with van der Waals surface area (Å²) in [7, 11) is 0. The summed E-state index contributed by atoms with van der Waals surface area (Å²) >= 11 is 0. The SMILES string of the molecule is c1ccc(-c2ccc(N(c3ccccc3)c3ccc(-c4c(-c5ccccc5)cc5ccccn45)cc3)cc2)cc1. The van der Waals surface area contributed by atoms with E-state index in [-0.39, 0.29) is 0 Å². The Bertz CT molecular complexity index is 1850. The highest BCUT2D eigenvalue weighted by atomic mass is 15.1. The van der Waals surface area contributed by atoms with Crippen LogP contribution in [0.3, 0.4) is 0 Å². The number of pyridine rings is 1. The van der Waals surface area contributed by atoms with Crippen molar-refractivity contribution in [2.24, 2.45) is 0 Å². The highest BCUT2D eigenvalue weighted by Crippen LogP contribution is 2.39. The summed E-state index contributed by atoms with van der Waals surface area (Å²) in [6, 6.07) is 58.1. The molecule has 0 N–H and O–H groups in total. The Morgan fingerprint density at radius 3 is 1.48 bits per heavy atom. The molecule has 0 bridgehead atoms. The quantitative estimate of drug-likeness (QED) is 0.215. The van der Waals surface area contributed by atoms with E-state index in [1.54, 1.807) is 0 Å². The van der Waals surface area contributed by atoms with E-state index in [9.17, 15) is 0 Å². The number of nitrogens with zero attached hydrogens (tertiary/aromatic N) is 2. The van der Waals surface area contributed by atoms with Gasteiger partial charge in [0, 0.05) is 34.3 Å². The minimum absolute atomic E-state index is 1.12. The molecule has 2 heteroatoms. The molecule has 5 aromatic carbocycles. The molecule has 0 amide bonds. The number of benzene rings is 5. The van der Waals surface area contributed by atoms with Gasteiger partial charge in [0.2, 0.25) is 0 Å². The van der Waals surface area contributed by atoms with E-state index in [4.69, 9.17) is 0 Å². The molecule has 190 valence electrons. The highest BCUT2D eigenvalue weighted by Gasteiger charge is 2.16. The van der Waals surface area contributed by atoms with Crippen LogP contribution in [0.1, 0.15) is 0 Å². The van der Waals surface area contributed by atoms with Crippen molar-refractivity contribution in [2.75, 3.05) is 4.90 Å². The lowest BCUT2D eigenvalue weighted by atomic mass is 10.0. The summed E-state index contributed by atoms with van der Waals surface area (Å²) in [5.41, 5.74) is 11.8. The van der Waals surface area contributed by atoms with Crippen molar-refractivity contribution in [3.8, 4) is 33.5 Å². The van der Waals surface area contributed by atoms with E-state index in [2.05, 4.69) is 179 Å². The summed E-state index contributed by atoms with van der Waals surface area (Å²) in [6.45, 7) is 0. The molecule has 0 spiro atoms. The van der Waals surface area contributed by atoms with E-state index in [0.717, 1.165) is 17.1 Å². The molecule has 0 aliphatic carbocycles. The monoisotopic (exact) mass is 512 g/mol. The van der Waals surface area contributed by atoms with Gasteiger partial charge in [0.1, 0.15) is 0 Å². The van der Waals surface area contributed by atoms with Gasteiger partial charge in [-0.25, -0.2) is 0 Å². The maximum Gasteiger partial charge on any atom is 0.0607 e. The van der Waals surface area contributed by atoms with Gasteiger partial charge >= 0.3 is 0 Å². The van der Waals surface area contributed by atoms with Crippen LogP contribution in [0, 0.1) is 0 Å². The largest absolute Gasteiger partial charge is 0.316 e. The molecule has 0 atom stereocenters. The van der Waals surface area contributed by atoms with E-state index >= 15 is 0 Å². The Kier molecular flexibility index (Phi) is 6.20. The first kappa shape index (κ1) is 23.8. The van der Waals surface area contributed by atoms with Crippen LogP contribution in [0.15, 0.2) is 170 Å². The van der Waals surface area contributed by atoms with Crippen molar-refractivity contribution in [3.05, 3.63) is 170 Å². The van der Waals surface area contributed by atoms with Crippen molar-refractivity contribution in [3.63, 3.8) is 0 Å². The molecule has 40 heavy (non-hydrogen) atoms. The minimum Gasteiger partial charge on any atom is -0.316 e. The van der Waals surface area contributed by atoms with Crippen LogP contribution >= 0.6 is 0 Å². The van der Waals surface area contributed by atoms with Gasteiger partial charge in [-0.05, 0) is 76.9 Å². The van der Waals surface area contributed by atoms with Crippen molar-refractivity contribution < 1.29 is 0 Å². The predicted octanol–water partition coefficient (Wildman–Crippen LogP) is 10.4. The lowest BCUT2D eigenvalue weighted by Gasteiger charge is -2.26. The highest BCUT2D eigenvalue weighted by molar-refractivity contribution is 5.88. The third-order valence-electron chi connectivity index (χ3n) is 7.41. The lowest BCUT2D eigenvalue weighted by molar-refractivity contribution is 1.20. The van der Waals surface area contributed by atoms with Crippen molar-refractivity contribution in [2.45, 2.75) is 0 Å². The molecule has 0 aliphatic heterocycles. The molecule has 2 heterocycles. The Labute approximate surface area is 235 Å². The Hall–Kier alpha value is -5.34. The van der Waals surface area contributed by atoms with Crippen LogP contribution in [-0.4, -0.2) is 4.40 Å². The topological polar surface area (TPSA) is 7.65 Å². The molecule has 0 radical (unpaired) electrons. The second-order valence-corrected chi connectivity index (χ2v) is 9.90. The number of rotatable bonds is 6. The van der Waals surface area contributed by atoms with E-state index in [0.29, 0.717) is 0 Å². The summed E-state index contributed by atoms with van der Waals surface area (Å²) in [5, 5.41) is 0. The maximum atomic E-state index is 2.31. The molecule has 2 nitrogen and oxygen atoms in total. The summed E-state index contributed by atoms with van der Waals surface area (Å²) in [6.07, 6.45) is 2.15. The number of hydrogen-bond acceptors (Lipinski definition) is 1. The van der Waals surface area contributed by atoms with Gasteiger partial charge in [0.25, 0.3) is 0 Å². The molecule has 0 aliphatic rings. The van der Waals surface area contributed by atoms with Crippen molar-refractivity contribution >= 4 is 22.6 Å². The Morgan fingerprint density at radius 2 is 0.850 bits per heavy atom. The third-order valence-corrected chi connectivity index (χ3v) is 7.41. The third kappa shape index (κ3) is 4.46. The fourth-order valence-electron chi connectivity index (χ4n) is 5.48. The van der Waals surface area contributed by atoms with E-state index in [1.807, 2.05) is 0 Å². The van der Waals surface area contributed by atoms with Crippen LogP contribution < -0.4 is 4.90 Å². The molecule has 0 saturated heterocycles. The van der Waals surface area contributed by atoms with Crippen LogP contribution in [0.25, 0.3) is 39.0 Å². The van der Waals surface area contributed by atoms with Gasteiger partial charge in [0.15, 0.2) is 0 Å². The maximum absolute atomic E-state index is 2.31. The predicted molar refractivity (Wildman–Crippen MR) is 168 cm³/mol. The summed E-state index contributed by atoms with van der Waals surface area (Å²) in [5.74, 6) is 0. The summed E-state index contributed by atoms with van der Waals surface area (Å²) in [4.78, 5) is 2.31. The fourth-order valence-corrected chi connectivity index (χ4v) is 5.48. The van der Waals surface area contributed by atoms with Gasteiger partial charge in [0.05, 0.1) is 5.69 Å². The molecule has 7 aromatic rings. The second-order valence-electron chi connectivity index (χ2n) is 9.90. The molecule has 2 aromatic heterocycles. The fraction of sp³-hybridized carbons (Fsp3) is 0. The zero-order valence-corrected chi connectivity index (χ0v) is 22.1. The first-order chi connectivity index (χ1) is 19.8. The van der Waals surface area contributed by atoms with E-state index in [1.165, 1.54) is 39.0 Å². The van der Waals surface area contributed by atoms with Crippen molar-refractivity contribution in [1.82, 2.24) is 4.40 Å². The smallest absolute Gasteiger partial charge is 0.0607 e. The number of anilines is 3. The Morgan fingerprint density at radius 1 is 0.375 bits per heavy atom. The molecule has 0 fully saturated rings. The molecular formula is C38H28N2. The first-order valence-corrected chi connectivity index (χ1v) is 13.6. The number of hydrogen-bond donors (Lipinski definition) is 0. The van der Waals surface area contributed by atoms with Gasteiger partial charge < -0.3 is 9.30 Å². The average molecular weight is 513 g/mol. The normalized spacial score (nSPS) is 11.0. The minimum atomic E-state index is 1.12. The van der Waals surface area contributed by atoms with Gasteiger partial charge in [-0.2, -0.15) is 0 Å². The van der Waals surface area contributed by atoms with Crippen LogP contribution in [-0.2, 0) is 0 Å². The lowest BCUT2D eigenvalue weighted by Crippen LogP contribution is -2.09. The zero-order chi connectivity index (χ0) is 26.7. The van der Waals surface area contributed by atoms with Crippen molar-refractivity contribution in [1.29, 1.82) is 0 Å². The van der Waals surface area contributed by atoms with Crippen LogP contribution in [0.5, 0.6) is 0 Å². The second kappa shape index (κ2) is 10.4.